The van der Waals surface area contributed by atoms with E-state index in [1.165, 1.54) is 44.5 Å². The van der Waals surface area contributed by atoms with E-state index >= 15 is 0 Å². The molecule has 1 aliphatic rings. The lowest BCUT2D eigenvalue weighted by Crippen LogP contribution is -2.22. The van der Waals surface area contributed by atoms with E-state index in [1.807, 2.05) is 0 Å². The van der Waals surface area contributed by atoms with E-state index in [2.05, 4.69) is 10.3 Å². The Balaban J connectivity index is 1.64. The maximum atomic E-state index is 12.1. The van der Waals surface area contributed by atoms with Gasteiger partial charge in [0.1, 0.15) is 0 Å². The van der Waals surface area contributed by atoms with Crippen molar-refractivity contribution in [1.29, 1.82) is 0 Å². The first kappa shape index (κ1) is 18.2. The number of esters is 1. The molecule has 9 heteroatoms. The maximum absolute atomic E-state index is 12.1. The van der Waals surface area contributed by atoms with Crippen molar-refractivity contribution in [3.8, 4) is 17.4 Å². The minimum absolute atomic E-state index is 0.0393. The fourth-order valence-corrected chi connectivity index (χ4v) is 2.36. The summed E-state index contributed by atoms with van der Waals surface area (Å²) < 4.78 is 20.3. The summed E-state index contributed by atoms with van der Waals surface area (Å²) in [6.45, 7) is 0.873. The minimum atomic E-state index is -0.710. The molecular weight excluding hydrogens is 356 g/mol. The molecule has 0 spiro atoms. The van der Waals surface area contributed by atoms with Gasteiger partial charge in [0.2, 0.25) is 12.7 Å². The van der Waals surface area contributed by atoms with Crippen LogP contribution in [0.2, 0.25) is 0 Å². The molecule has 0 radical (unpaired) electrons. The molecule has 0 atom stereocenters. The predicted octanol–water partition coefficient (Wildman–Crippen LogP) is 1.82. The lowest BCUT2D eigenvalue weighted by Gasteiger charge is -2.11. The van der Waals surface area contributed by atoms with E-state index < -0.39 is 18.5 Å². The molecular formula is C18H16N2O7. The van der Waals surface area contributed by atoms with Gasteiger partial charge in [0.25, 0.3) is 5.91 Å². The number of carbonyl (C=O) groups is 3. The van der Waals surface area contributed by atoms with Gasteiger partial charge in [-0.3, -0.25) is 9.59 Å². The molecule has 1 aromatic heterocycles. The number of aromatic nitrogens is 1. The zero-order valence-electron chi connectivity index (χ0n) is 14.6. The van der Waals surface area contributed by atoms with Crippen LogP contribution in [0.4, 0.5) is 5.69 Å². The van der Waals surface area contributed by atoms with Crippen LogP contribution < -0.4 is 19.5 Å². The molecule has 2 heterocycles. The van der Waals surface area contributed by atoms with Crippen molar-refractivity contribution in [1.82, 2.24) is 4.98 Å². The monoisotopic (exact) mass is 372 g/mol. The van der Waals surface area contributed by atoms with Gasteiger partial charge in [-0.05, 0) is 19.1 Å². The molecule has 1 N–H and O–H groups in total. The van der Waals surface area contributed by atoms with Crippen molar-refractivity contribution < 1.29 is 33.3 Å². The largest absolute Gasteiger partial charge is 0.481 e. The van der Waals surface area contributed by atoms with Crippen LogP contribution in [-0.2, 0) is 9.53 Å². The van der Waals surface area contributed by atoms with Crippen LogP contribution in [0.15, 0.2) is 30.5 Å². The standard InChI is InChI=1S/C18H16N2O7/c1-10(21)12-5-14-15(27-9-26-14)6-13(12)20-16(22)8-25-18(23)11-3-4-17(24-2)19-7-11/h3-7H,8-9H2,1-2H3,(H,20,22). The summed E-state index contributed by atoms with van der Waals surface area (Å²) in [6, 6.07) is 5.96. The topological polar surface area (TPSA) is 113 Å². The molecule has 0 fully saturated rings. The Morgan fingerprint density at radius 1 is 1.19 bits per heavy atom. The number of ketones is 1. The van der Waals surface area contributed by atoms with Crippen LogP contribution in [-0.4, -0.2) is 43.2 Å². The van der Waals surface area contributed by atoms with Crippen LogP contribution in [0, 0.1) is 0 Å². The Morgan fingerprint density at radius 3 is 2.56 bits per heavy atom. The van der Waals surface area contributed by atoms with E-state index in [0.29, 0.717) is 17.4 Å². The first-order chi connectivity index (χ1) is 13.0. The predicted molar refractivity (Wildman–Crippen MR) is 92.3 cm³/mol. The number of pyridine rings is 1. The average molecular weight is 372 g/mol. The zero-order chi connectivity index (χ0) is 19.4. The maximum Gasteiger partial charge on any atom is 0.340 e. The average Bonchev–Trinajstić information content (AvgIpc) is 3.12. The molecule has 1 aliphatic heterocycles. The third-order valence-corrected chi connectivity index (χ3v) is 3.68. The Morgan fingerprint density at radius 2 is 1.93 bits per heavy atom. The van der Waals surface area contributed by atoms with Crippen molar-refractivity contribution in [2.75, 3.05) is 25.8 Å². The highest BCUT2D eigenvalue weighted by Crippen LogP contribution is 2.37. The Hall–Kier alpha value is -3.62. The highest BCUT2D eigenvalue weighted by Gasteiger charge is 2.21. The molecule has 0 unspecified atom stereocenters. The number of anilines is 1. The van der Waals surface area contributed by atoms with Crippen molar-refractivity contribution >= 4 is 23.3 Å². The molecule has 1 amide bonds. The quantitative estimate of drug-likeness (QED) is 0.603. The molecule has 0 bridgehead atoms. The van der Waals surface area contributed by atoms with E-state index in [9.17, 15) is 14.4 Å². The number of hydrogen-bond donors (Lipinski definition) is 1. The van der Waals surface area contributed by atoms with Crippen molar-refractivity contribution in [2.24, 2.45) is 0 Å². The van der Waals surface area contributed by atoms with Gasteiger partial charge in [-0.15, -0.1) is 0 Å². The van der Waals surface area contributed by atoms with Gasteiger partial charge >= 0.3 is 5.97 Å². The number of Topliss-reactive ketones (excluding diaryl/α,β-unsaturated/α-hetero) is 1. The number of nitrogens with zero attached hydrogens (tertiary/aromatic N) is 1. The Bertz CT molecular complexity index is 893. The summed E-state index contributed by atoms with van der Waals surface area (Å²) in [7, 11) is 1.45. The summed E-state index contributed by atoms with van der Waals surface area (Å²) in [5, 5.41) is 2.54. The third kappa shape index (κ3) is 4.14. The number of hydrogen-bond acceptors (Lipinski definition) is 8. The van der Waals surface area contributed by atoms with Crippen molar-refractivity contribution in [2.45, 2.75) is 6.92 Å². The summed E-state index contributed by atoms with van der Waals surface area (Å²) in [6.07, 6.45) is 1.28. The molecule has 0 aliphatic carbocycles. The molecule has 2 aromatic rings. The first-order valence-corrected chi connectivity index (χ1v) is 7.89. The number of fused-ring (bicyclic) bond motifs is 1. The third-order valence-electron chi connectivity index (χ3n) is 3.68. The van der Waals surface area contributed by atoms with Crippen LogP contribution in [0.25, 0.3) is 0 Å². The van der Waals surface area contributed by atoms with Crippen molar-refractivity contribution in [3.05, 3.63) is 41.6 Å². The lowest BCUT2D eigenvalue weighted by molar-refractivity contribution is -0.119. The molecule has 140 valence electrons. The minimum Gasteiger partial charge on any atom is -0.481 e. The SMILES string of the molecule is COc1ccc(C(=O)OCC(=O)Nc2cc3c(cc2C(C)=O)OCO3)cn1. The number of benzene rings is 1. The summed E-state index contributed by atoms with van der Waals surface area (Å²) in [5.41, 5.74) is 0.688. The fraction of sp³-hybridized carbons (Fsp3) is 0.222. The molecule has 0 saturated carbocycles. The van der Waals surface area contributed by atoms with Gasteiger partial charge in [-0.2, -0.15) is 0 Å². The van der Waals surface area contributed by atoms with Crippen LogP contribution in [0.5, 0.6) is 17.4 Å². The number of ether oxygens (including phenoxy) is 4. The second-order valence-electron chi connectivity index (χ2n) is 5.52. The number of nitrogens with one attached hydrogen (secondary N) is 1. The Kier molecular flexibility index (Phi) is 5.20. The van der Waals surface area contributed by atoms with Crippen LogP contribution in [0.1, 0.15) is 27.6 Å². The molecule has 27 heavy (non-hydrogen) atoms. The number of amides is 1. The fourth-order valence-electron chi connectivity index (χ4n) is 2.36. The number of rotatable bonds is 6. The Labute approximate surface area is 154 Å². The van der Waals surface area contributed by atoms with Gasteiger partial charge in [0.15, 0.2) is 23.9 Å². The van der Waals surface area contributed by atoms with Gasteiger partial charge in [-0.1, -0.05) is 0 Å². The summed E-state index contributed by atoms with van der Waals surface area (Å²) in [4.78, 5) is 39.8. The first-order valence-electron chi connectivity index (χ1n) is 7.89. The second kappa shape index (κ2) is 7.73. The molecule has 3 rings (SSSR count). The second-order valence-corrected chi connectivity index (χ2v) is 5.52. The van der Waals surface area contributed by atoms with Crippen LogP contribution in [0.3, 0.4) is 0 Å². The van der Waals surface area contributed by atoms with Crippen molar-refractivity contribution in [3.63, 3.8) is 0 Å². The van der Waals surface area contributed by atoms with E-state index in [0.717, 1.165) is 0 Å². The van der Waals surface area contributed by atoms with E-state index in [4.69, 9.17) is 18.9 Å². The van der Waals surface area contributed by atoms with Gasteiger partial charge < -0.3 is 24.3 Å². The highest BCUT2D eigenvalue weighted by atomic mass is 16.7. The van der Waals surface area contributed by atoms with Gasteiger partial charge in [0.05, 0.1) is 18.4 Å². The molecule has 1 aromatic carbocycles. The van der Waals surface area contributed by atoms with E-state index in [-0.39, 0.29) is 29.4 Å². The molecule has 9 nitrogen and oxygen atoms in total. The van der Waals surface area contributed by atoms with Gasteiger partial charge in [-0.25, -0.2) is 9.78 Å². The summed E-state index contributed by atoms with van der Waals surface area (Å²) in [5.74, 6) is -0.383. The number of carbonyl (C=O) groups excluding carboxylic acids is 3. The smallest absolute Gasteiger partial charge is 0.340 e. The normalized spacial score (nSPS) is 11.6. The zero-order valence-corrected chi connectivity index (χ0v) is 14.6. The lowest BCUT2D eigenvalue weighted by atomic mass is 10.1. The van der Waals surface area contributed by atoms with E-state index in [1.54, 1.807) is 0 Å². The molecule has 0 saturated heterocycles. The summed E-state index contributed by atoms with van der Waals surface area (Å²) >= 11 is 0. The highest BCUT2D eigenvalue weighted by molar-refractivity contribution is 6.05. The van der Waals surface area contributed by atoms with Crippen LogP contribution >= 0.6 is 0 Å². The number of methoxy groups -OCH3 is 1. The van der Waals surface area contributed by atoms with Gasteiger partial charge in [0, 0.05) is 23.9 Å².